The van der Waals surface area contributed by atoms with Gasteiger partial charge in [-0.3, -0.25) is 0 Å². The summed E-state index contributed by atoms with van der Waals surface area (Å²) >= 11 is 6.00. The van der Waals surface area contributed by atoms with Gasteiger partial charge >= 0.3 is 12.2 Å². The predicted octanol–water partition coefficient (Wildman–Crippen LogP) is 4.62. The number of aromatic nitrogens is 3. The van der Waals surface area contributed by atoms with Crippen LogP contribution in [0, 0.1) is 6.92 Å². The fourth-order valence-corrected chi connectivity index (χ4v) is 2.91. The minimum Gasteiger partial charge on any atom is -0.338 e. The molecular formula is C18H17ClF3N5O. The lowest BCUT2D eigenvalue weighted by molar-refractivity contribution is -0.147. The van der Waals surface area contributed by atoms with E-state index in [1.807, 2.05) is 0 Å². The number of carbonyl (C=O) groups is 1. The molecule has 3 rings (SSSR count). The number of amides is 2. The number of fused-ring (bicyclic) bond motifs is 1. The molecule has 148 valence electrons. The monoisotopic (exact) mass is 411 g/mol. The summed E-state index contributed by atoms with van der Waals surface area (Å²) in [4.78, 5) is 19.6. The van der Waals surface area contributed by atoms with Gasteiger partial charge in [-0.1, -0.05) is 17.7 Å². The summed E-state index contributed by atoms with van der Waals surface area (Å²) in [7, 11) is 0. The maximum atomic E-state index is 13.2. The van der Waals surface area contributed by atoms with Crippen LogP contribution in [0.15, 0.2) is 36.5 Å². The Morgan fingerprint density at radius 3 is 2.79 bits per heavy atom. The standard InChI is InChI=1S/C18H17ClF3N5O/c1-11-12(19)5-2-6-13(11)26-17(28)24-9-4-10-27-15-14(7-3-8-23-15)25-16(27)18(20,21)22/h2-3,5-8H,4,9-10H2,1H3,(H2,24,26,28). The van der Waals surface area contributed by atoms with Gasteiger partial charge in [-0.15, -0.1) is 0 Å². The molecule has 0 bridgehead atoms. The third-order valence-electron chi connectivity index (χ3n) is 4.12. The summed E-state index contributed by atoms with van der Waals surface area (Å²) in [5, 5.41) is 5.81. The Morgan fingerprint density at radius 1 is 1.25 bits per heavy atom. The number of anilines is 1. The molecule has 2 amide bonds. The molecule has 0 aliphatic heterocycles. The van der Waals surface area contributed by atoms with Crippen LogP contribution in [0.5, 0.6) is 0 Å². The zero-order valence-corrected chi connectivity index (χ0v) is 15.6. The molecule has 0 spiro atoms. The van der Waals surface area contributed by atoms with E-state index in [1.165, 1.54) is 18.3 Å². The molecule has 2 heterocycles. The fraction of sp³-hybridized carbons (Fsp3) is 0.278. The number of nitrogens with one attached hydrogen (secondary N) is 2. The van der Waals surface area contributed by atoms with Crippen molar-refractivity contribution in [3.8, 4) is 0 Å². The van der Waals surface area contributed by atoms with Crippen molar-refractivity contribution in [2.75, 3.05) is 11.9 Å². The largest absolute Gasteiger partial charge is 0.449 e. The number of aryl methyl sites for hydroxylation is 1. The summed E-state index contributed by atoms with van der Waals surface area (Å²) in [6, 6.07) is 7.67. The summed E-state index contributed by atoms with van der Waals surface area (Å²) in [5.74, 6) is -1.000. The van der Waals surface area contributed by atoms with Crippen molar-refractivity contribution in [3.63, 3.8) is 0 Å². The number of pyridine rings is 1. The van der Waals surface area contributed by atoms with Gasteiger partial charge in [0.25, 0.3) is 0 Å². The van der Waals surface area contributed by atoms with Gasteiger partial charge in [0.2, 0.25) is 5.82 Å². The molecule has 0 saturated heterocycles. The average Bonchev–Trinajstić information content (AvgIpc) is 3.02. The molecule has 2 aromatic heterocycles. The van der Waals surface area contributed by atoms with E-state index < -0.39 is 18.0 Å². The van der Waals surface area contributed by atoms with Crippen LogP contribution in [0.3, 0.4) is 0 Å². The fourth-order valence-electron chi connectivity index (χ4n) is 2.74. The van der Waals surface area contributed by atoms with Crippen LogP contribution in [0.1, 0.15) is 17.8 Å². The molecule has 2 N–H and O–H groups in total. The van der Waals surface area contributed by atoms with Gasteiger partial charge in [0.15, 0.2) is 5.65 Å². The van der Waals surface area contributed by atoms with Crippen LogP contribution in [0.4, 0.5) is 23.7 Å². The first-order chi connectivity index (χ1) is 13.3. The number of benzene rings is 1. The third kappa shape index (κ3) is 4.36. The van der Waals surface area contributed by atoms with E-state index in [-0.39, 0.29) is 30.7 Å². The lowest BCUT2D eigenvalue weighted by Gasteiger charge is -2.12. The molecule has 6 nitrogen and oxygen atoms in total. The van der Waals surface area contributed by atoms with E-state index in [1.54, 1.807) is 25.1 Å². The van der Waals surface area contributed by atoms with Crippen molar-refractivity contribution >= 4 is 34.5 Å². The number of imidazole rings is 1. The van der Waals surface area contributed by atoms with E-state index in [2.05, 4.69) is 20.6 Å². The number of rotatable bonds is 5. The Hall–Kier alpha value is -2.81. The zero-order valence-electron chi connectivity index (χ0n) is 14.8. The van der Waals surface area contributed by atoms with Crippen LogP contribution in [-0.2, 0) is 12.7 Å². The molecule has 1 aromatic carbocycles. The van der Waals surface area contributed by atoms with Crippen LogP contribution in [-0.4, -0.2) is 27.1 Å². The lowest BCUT2D eigenvalue weighted by atomic mass is 10.2. The van der Waals surface area contributed by atoms with Crippen molar-refractivity contribution in [2.24, 2.45) is 0 Å². The quantitative estimate of drug-likeness (QED) is 0.601. The Kier molecular flexibility index (Phi) is 5.73. The van der Waals surface area contributed by atoms with Crippen LogP contribution >= 0.6 is 11.6 Å². The van der Waals surface area contributed by atoms with Crippen molar-refractivity contribution < 1.29 is 18.0 Å². The number of hydrogen-bond acceptors (Lipinski definition) is 3. The average molecular weight is 412 g/mol. The topological polar surface area (TPSA) is 71.8 Å². The number of hydrogen-bond donors (Lipinski definition) is 2. The molecule has 0 aliphatic rings. The Bertz CT molecular complexity index is 1000. The molecule has 0 fully saturated rings. The maximum Gasteiger partial charge on any atom is 0.449 e. The summed E-state index contributed by atoms with van der Waals surface area (Å²) in [6.07, 6.45) is -2.90. The molecule has 10 heteroatoms. The van der Waals surface area contributed by atoms with Gasteiger partial charge in [-0.2, -0.15) is 13.2 Å². The van der Waals surface area contributed by atoms with Crippen molar-refractivity contribution in [1.82, 2.24) is 19.9 Å². The highest BCUT2D eigenvalue weighted by Gasteiger charge is 2.37. The maximum absolute atomic E-state index is 13.2. The molecular weight excluding hydrogens is 395 g/mol. The second kappa shape index (κ2) is 8.05. The van der Waals surface area contributed by atoms with Gasteiger partial charge in [-0.05, 0) is 43.2 Å². The van der Waals surface area contributed by atoms with E-state index in [0.717, 1.165) is 10.1 Å². The Morgan fingerprint density at radius 2 is 2.04 bits per heavy atom. The van der Waals surface area contributed by atoms with Crippen LogP contribution in [0.25, 0.3) is 11.2 Å². The second-order valence-corrected chi connectivity index (χ2v) is 6.48. The van der Waals surface area contributed by atoms with E-state index in [9.17, 15) is 18.0 Å². The SMILES string of the molecule is Cc1c(Cl)cccc1NC(=O)NCCCn1c(C(F)(F)F)nc2cccnc21. The smallest absolute Gasteiger partial charge is 0.338 e. The summed E-state index contributed by atoms with van der Waals surface area (Å²) < 4.78 is 40.7. The van der Waals surface area contributed by atoms with Crippen LogP contribution in [0.2, 0.25) is 5.02 Å². The van der Waals surface area contributed by atoms with Crippen molar-refractivity contribution in [1.29, 1.82) is 0 Å². The minimum atomic E-state index is -4.59. The van der Waals surface area contributed by atoms with Gasteiger partial charge in [0, 0.05) is 30.0 Å². The van der Waals surface area contributed by atoms with E-state index in [0.29, 0.717) is 10.7 Å². The predicted molar refractivity (Wildman–Crippen MR) is 100 cm³/mol. The summed E-state index contributed by atoms with van der Waals surface area (Å²) in [6.45, 7) is 1.96. The molecule has 0 atom stereocenters. The van der Waals surface area contributed by atoms with Gasteiger partial charge < -0.3 is 15.2 Å². The Balaban J connectivity index is 1.61. The molecule has 0 radical (unpaired) electrons. The second-order valence-electron chi connectivity index (χ2n) is 6.08. The number of alkyl halides is 3. The van der Waals surface area contributed by atoms with Gasteiger partial charge in [-0.25, -0.2) is 14.8 Å². The first kappa shape index (κ1) is 19.9. The first-order valence-electron chi connectivity index (χ1n) is 8.46. The number of urea groups is 1. The highest BCUT2D eigenvalue weighted by atomic mass is 35.5. The molecule has 0 aliphatic carbocycles. The number of halogens is 4. The van der Waals surface area contributed by atoms with Gasteiger partial charge in [0.05, 0.1) is 0 Å². The highest BCUT2D eigenvalue weighted by molar-refractivity contribution is 6.31. The molecule has 0 saturated carbocycles. The Labute approximate surface area is 163 Å². The van der Waals surface area contributed by atoms with Crippen LogP contribution < -0.4 is 10.6 Å². The minimum absolute atomic E-state index is 0.0127. The number of nitrogens with zero attached hydrogens (tertiary/aromatic N) is 3. The van der Waals surface area contributed by atoms with Gasteiger partial charge in [0.1, 0.15) is 5.52 Å². The molecule has 3 aromatic rings. The molecule has 28 heavy (non-hydrogen) atoms. The summed E-state index contributed by atoms with van der Waals surface area (Å²) in [5.41, 5.74) is 1.63. The van der Waals surface area contributed by atoms with Crippen molar-refractivity contribution in [3.05, 3.63) is 52.9 Å². The number of carbonyl (C=O) groups excluding carboxylic acids is 1. The van der Waals surface area contributed by atoms with E-state index in [4.69, 9.17) is 11.6 Å². The third-order valence-corrected chi connectivity index (χ3v) is 4.53. The normalized spacial score (nSPS) is 11.6. The molecule has 0 unspecified atom stereocenters. The first-order valence-corrected chi connectivity index (χ1v) is 8.83. The zero-order chi connectivity index (χ0) is 20.3. The highest BCUT2D eigenvalue weighted by Crippen LogP contribution is 2.31. The van der Waals surface area contributed by atoms with Crippen molar-refractivity contribution in [2.45, 2.75) is 26.1 Å². The van der Waals surface area contributed by atoms with E-state index >= 15 is 0 Å². The lowest BCUT2D eigenvalue weighted by Crippen LogP contribution is -2.30.